The molecule has 3 nitrogen and oxygen atoms in total. The summed E-state index contributed by atoms with van der Waals surface area (Å²) in [7, 11) is 0. The van der Waals surface area contributed by atoms with E-state index in [1.54, 1.807) is 12.4 Å². The molecule has 1 aromatic carbocycles. The number of pyridine rings is 2. The number of nitrogens with zero attached hydrogens (tertiary/aromatic N) is 2. The summed E-state index contributed by atoms with van der Waals surface area (Å²) in [5, 5.41) is 0. The molecule has 3 rings (SSSR count). The van der Waals surface area contributed by atoms with Crippen molar-refractivity contribution < 1.29 is 4.74 Å². The van der Waals surface area contributed by atoms with E-state index in [4.69, 9.17) is 4.74 Å². The van der Waals surface area contributed by atoms with Crippen LogP contribution in [0.2, 0.25) is 0 Å². The van der Waals surface area contributed by atoms with Gasteiger partial charge in [-0.1, -0.05) is 36.4 Å². The first-order valence-corrected chi connectivity index (χ1v) is 6.46. The quantitative estimate of drug-likeness (QED) is 0.718. The topological polar surface area (TPSA) is 35.0 Å². The van der Waals surface area contributed by atoms with E-state index in [9.17, 15) is 0 Å². The van der Waals surface area contributed by atoms with Crippen molar-refractivity contribution in [2.45, 2.75) is 6.61 Å². The third-order valence-corrected chi connectivity index (χ3v) is 2.91. The van der Waals surface area contributed by atoms with E-state index in [0.717, 1.165) is 22.7 Å². The van der Waals surface area contributed by atoms with Gasteiger partial charge >= 0.3 is 0 Å². The lowest BCUT2D eigenvalue weighted by Gasteiger charge is -2.07. The summed E-state index contributed by atoms with van der Waals surface area (Å²) in [4.78, 5) is 8.61. The van der Waals surface area contributed by atoms with E-state index in [1.165, 1.54) is 0 Å². The highest BCUT2D eigenvalue weighted by Gasteiger charge is 2.02. The zero-order valence-electron chi connectivity index (χ0n) is 10.9. The Hall–Kier alpha value is -2.68. The van der Waals surface area contributed by atoms with Gasteiger partial charge in [-0.05, 0) is 23.8 Å². The molecular formula is C17H14N2O. The van der Waals surface area contributed by atoms with Gasteiger partial charge in [-0.15, -0.1) is 0 Å². The molecular weight excluding hydrogens is 248 g/mol. The van der Waals surface area contributed by atoms with E-state index in [-0.39, 0.29) is 0 Å². The van der Waals surface area contributed by atoms with Crippen LogP contribution in [0, 0.1) is 0 Å². The molecule has 2 aromatic heterocycles. The molecule has 0 saturated carbocycles. The van der Waals surface area contributed by atoms with Gasteiger partial charge in [-0.3, -0.25) is 9.97 Å². The second kappa shape index (κ2) is 5.97. The Morgan fingerprint density at radius 2 is 1.55 bits per heavy atom. The number of ether oxygens (including phenoxy) is 1. The second-order valence-electron chi connectivity index (χ2n) is 4.37. The molecule has 3 heteroatoms. The van der Waals surface area contributed by atoms with Crippen LogP contribution in [-0.4, -0.2) is 9.97 Å². The molecule has 2 heterocycles. The van der Waals surface area contributed by atoms with Crippen LogP contribution in [0.4, 0.5) is 0 Å². The molecule has 0 atom stereocenters. The maximum atomic E-state index is 5.79. The Morgan fingerprint density at radius 3 is 2.35 bits per heavy atom. The van der Waals surface area contributed by atoms with Crippen molar-refractivity contribution in [2.24, 2.45) is 0 Å². The van der Waals surface area contributed by atoms with Gasteiger partial charge in [0.1, 0.15) is 12.4 Å². The molecule has 0 amide bonds. The Labute approximate surface area is 117 Å². The van der Waals surface area contributed by atoms with Gasteiger partial charge in [-0.25, -0.2) is 0 Å². The molecule has 0 aliphatic heterocycles. The lowest BCUT2D eigenvalue weighted by Crippen LogP contribution is -1.96. The van der Waals surface area contributed by atoms with Gasteiger partial charge in [0.2, 0.25) is 0 Å². The van der Waals surface area contributed by atoms with Crippen molar-refractivity contribution >= 4 is 0 Å². The number of benzene rings is 1. The van der Waals surface area contributed by atoms with Crippen molar-refractivity contribution in [2.75, 3.05) is 0 Å². The highest BCUT2D eigenvalue weighted by molar-refractivity contribution is 5.55. The van der Waals surface area contributed by atoms with Crippen molar-refractivity contribution in [3.05, 3.63) is 78.6 Å². The van der Waals surface area contributed by atoms with Crippen LogP contribution in [0.15, 0.2) is 73.1 Å². The molecule has 98 valence electrons. The summed E-state index contributed by atoms with van der Waals surface area (Å²) in [6.45, 7) is 0.548. The lowest BCUT2D eigenvalue weighted by atomic mass is 10.2. The van der Waals surface area contributed by atoms with Gasteiger partial charge in [0, 0.05) is 18.5 Å². The minimum absolute atomic E-state index is 0.548. The summed E-state index contributed by atoms with van der Waals surface area (Å²) in [6, 6.07) is 19.6. The molecule has 0 bridgehead atoms. The Bertz CT molecular complexity index is 669. The minimum Gasteiger partial charge on any atom is -0.489 e. The summed E-state index contributed by atoms with van der Waals surface area (Å²) < 4.78 is 5.79. The Morgan fingerprint density at radius 1 is 0.750 bits per heavy atom. The summed E-state index contributed by atoms with van der Waals surface area (Å²) in [5.74, 6) is 0.796. The average Bonchev–Trinajstić information content (AvgIpc) is 2.55. The lowest BCUT2D eigenvalue weighted by molar-refractivity contribution is 0.306. The molecule has 0 fully saturated rings. The summed E-state index contributed by atoms with van der Waals surface area (Å²) in [5.41, 5.74) is 2.80. The van der Waals surface area contributed by atoms with Gasteiger partial charge < -0.3 is 4.74 Å². The standard InChI is InChI=1S/C17H14N2O/c1-2-6-14(7-3-1)13-20-15-9-11-19-17(12-15)16-8-4-5-10-18-16/h1-12H,13H2. The van der Waals surface area contributed by atoms with Crippen molar-refractivity contribution in [3.63, 3.8) is 0 Å². The Kier molecular flexibility index (Phi) is 3.69. The van der Waals surface area contributed by atoms with E-state index >= 15 is 0 Å². The summed E-state index contributed by atoms with van der Waals surface area (Å²) >= 11 is 0. The predicted molar refractivity (Wildman–Crippen MR) is 78.2 cm³/mol. The first-order valence-electron chi connectivity index (χ1n) is 6.46. The fourth-order valence-electron chi connectivity index (χ4n) is 1.90. The van der Waals surface area contributed by atoms with Gasteiger partial charge in [-0.2, -0.15) is 0 Å². The normalized spacial score (nSPS) is 10.2. The Balaban J connectivity index is 1.75. The largest absolute Gasteiger partial charge is 0.489 e. The number of hydrogen-bond acceptors (Lipinski definition) is 3. The number of hydrogen-bond donors (Lipinski definition) is 0. The van der Waals surface area contributed by atoms with Crippen LogP contribution in [0.3, 0.4) is 0 Å². The second-order valence-corrected chi connectivity index (χ2v) is 4.37. The van der Waals surface area contributed by atoms with Crippen LogP contribution in [0.5, 0.6) is 5.75 Å². The van der Waals surface area contributed by atoms with Crippen LogP contribution in [0.1, 0.15) is 5.56 Å². The molecule has 0 spiro atoms. The zero-order chi connectivity index (χ0) is 13.6. The van der Waals surface area contributed by atoms with E-state index in [0.29, 0.717) is 6.61 Å². The molecule has 0 radical (unpaired) electrons. The van der Waals surface area contributed by atoms with E-state index < -0.39 is 0 Å². The SMILES string of the molecule is c1ccc(COc2ccnc(-c3ccccn3)c2)cc1. The highest BCUT2D eigenvalue weighted by Crippen LogP contribution is 2.20. The fourth-order valence-corrected chi connectivity index (χ4v) is 1.90. The van der Waals surface area contributed by atoms with Gasteiger partial charge in [0.05, 0.1) is 11.4 Å². The fraction of sp³-hybridized carbons (Fsp3) is 0.0588. The maximum absolute atomic E-state index is 5.79. The predicted octanol–water partition coefficient (Wildman–Crippen LogP) is 3.72. The number of aromatic nitrogens is 2. The summed E-state index contributed by atoms with van der Waals surface area (Å²) in [6.07, 6.45) is 3.50. The van der Waals surface area contributed by atoms with E-state index in [1.807, 2.05) is 60.7 Å². The van der Waals surface area contributed by atoms with Crippen LogP contribution in [-0.2, 0) is 6.61 Å². The van der Waals surface area contributed by atoms with E-state index in [2.05, 4.69) is 9.97 Å². The molecule has 0 aliphatic carbocycles. The van der Waals surface area contributed by atoms with Crippen molar-refractivity contribution in [1.29, 1.82) is 0 Å². The smallest absolute Gasteiger partial charge is 0.123 e. The highest BCUT2D eigenvalue weighted by atomic mass is 16.5. The molecule has 0 unspecified atom stereocenters. The molecule has 3 aromatic rings. The molecule has 0 aliphatic rings. The van der Waals surface area contributed by atoms with Crippen LogP contribution in [0.25, 0.3) is 11.4 Å². The zero-order valence-corrected chi connectivity index (χ0v) is 10.9. The van der Waals surface area contributed by atoms with Gasteiger partial charge in [0.25, 0.3) is 0 Å². The maximum Gasteiger partial charge on any atom is 0.123 e. The van der Waals surface area contributed by atoms with Crippen LogP contribution >= 0.6 is 0 Å². The third kappa shape index (κ3) is 3.01. The molecule has 20 heavy (non-hydrogen) atoms. The van der Waals surface area contributed by atoms with Crippen molar-refractivity contribution in [1.82, 2.24) is 9.97 Å². The molecule has 0 N–H and O–H groups in total. The number of rotatable bonds is 4. The van der Waals surface area contributed by atoms with Gasteiger partial charge in [0.15, 0.2) is 0 Å². The molecule has 0 saturated heterocycles. The average molecular weight is 262 g/mol. The first-order chi connectivity index (χ1) is 9.92. The van der Waals surface area contributed by atoms with Crippen LogP contribution < -0.4 is 4.74 Å². The van der Waals surface area contributed by atoms with Crippen molar-refractivity contribution in [3.8, 4) is 17.1 Å². The minimum atomic E-state index is 0.548. The monoisotopic (exact) mass is 262 g/mol. The first kappa shape index (κ1) is 12.4. The third-order valence-electron chi connectivity index (χ3n) is 2.91.